The fraction of sp³-hybridized carbons (Fsp3) is 0.800. The molecule has 1 heterocycles. The number of primary amides is 1. The predicted octanol–water partition coefficient (Wildman–Crippen LogP) is 1.09. The van der Waals surface area contributed by atoms with Crippen molar-refractivity contribution >= 4 is 12.2 Å². The highest BCUT2D eigenvalue weighted by atomic mass is 16.6. The molecule has 2 amide bonds. The summed E-state index contributed by atoms with van der Waals surface area (Å²) in [5.41, 5.74) is 4.39. The van der Waals surface area contributed by atoms with Crippen molar-refractivity contribution in [3.8, 4) is 0 Å². The van der Waals surface area contributed by atoms with Gasteiger partial charge in [0, 0.05) is 13.0 Å². The minimum Gasteiger partial charge on any atom is -0.444 e. The SMILES string of the molecule is CC(C)(C)OC(=O)N1CCC(OC(N)=O)C1. The Morgan fingerprint density at radius 2 is 2.00 bits per heavy atom. The fourth-order valence-corrected chi connectivity index (χ4v) is 1.48. The second-order valence-electron chi connectivity index (χ2n) is 4.77. The zero-order chi connectivity index (χ0) is 12.3. The summed E-state index contributed by atoms with van der Waals surface area (Å²) in [5.74, 6) is 0. The molecule has 92 valence electrons. The minimum absolute atomic E-state index is 0.315. The third kappa shape index (κ3) is 3.96. The number of likely N-dealkylation sites (tertiary alicyclic amines) is 1. The molecule has 1 rings (SSSR count). The Hall–Kier alpha value is -1.46. The van der Waals surface area contributed by atoms with Crippen LogP contribution in [0.5, 0.6) is 0 Å². The van der Waals surface area contributed by atoms with E-state index in [0.29, 0.717) is 19.5 Å². The van der Waals surface area contributed by atoms with Crippen molar-refractivity contribution in [1.29, 1.82) is 0 Å². The van der Waals surface area contributed by atoms with E-state index >= 15 is 0 Å². The fourth-order valence-electron chi connectivity index (χ4n) is 1.48. The van der Waals surface area contributed by atoms with E-state index in [9.17, 15) is 9.59 Å². The quantitative estimate of drug-likeness (QED) is 0.731. The summed E-state index contributed by atoms with van der Waals surface area (Å²) in [6, 6.07) is 0. The standard InChI is InChI=1S/C10H18N2O4/c1-10(2,3)16-9(14)12-5-4-7(6-12)15-8(11)13/h7H,4-6H2,1-3H3,(H2,11,13). The van der Waals surface area contributed by atoms with Crippen LogP contribution in [0.2, 0.25) is 0 Å². The van der Waals surface area contributed by atoms with Crippen LogP contribution in [0, 0.1) is 0 Å². The van der Waals surface area contributed by atoms with Crippen molar-refractivity contribution in [3.05, 3.63) is 0 Å². The molecule has 0 aromatic carbocycles. The molecule has 2 N–H and O–H groups in total. The number of carbonyl (C=O) groups excluding carboxylic acids is 2. The average Bonchev–Trinajstić information content (AvgIpc) is 2.48. The van der Waals surface area contributed by atoms with Crippen molar-refractivity contribution in [3.63, 3.8) is 0 Å². The number of nitrogens with zero attached hydrogens (tertiary/aromatic N) is 1. The largest absolute Gasteiger partial charge is 0.444 e. The lowest BCUT2D eigenvalue weighted by Gasteiger charge is -2.24. The van der Waals surface area contributed by atoms with Gasteiger partial charge in [0.25, 0.3) is 0 Å². The van der Waals surface area contributed by atoms with E-state index in [4.69, 9.17) is 15.2 Å². The van der Waals surface area contributed by atoms with Crippen LogP contribution >= 0.6 is 0 Å². The number of carbonyl (C=O) groups is 2. The van der Waals surface area contributed by atoms with Crippen molar-refractivity contribution in [2.75, 3.05) is 13.1 Å². The first-order chi connectivity index (χ1) is 7.28. The van der Waals surface area contributed by atoms with Gasteiger partial charge in [-0.3, -0.25) is 0 Å². The smallest absolute Gasteiger partial charge is 0.410 e. The molecule has 1 aliphatic rings. The molecule has 0 saturated carbocycles. The van der Waals surface area contributed by atoms with E-state index in [1.54, 1.807) is 20.8 Å². The first-order valence-electron chi connectivity index (χ1n) is 5.22. The molecular formula is C10H18N2O4. The maximum absolute atomic E-state index is 11.6. The van der Waals surface area contributed by atoms with Gasteiger partial charge in [-0.15, -0.1) is 0 Å². The second kappa shape index (κ2) is 4.59. The third-order valence-corrected chi connectivity index (χ3v) is 2.08. The molecule has 1 fully saturated rings. The van der Waals surface area contributed by atoms with E-state index in [2.05, 4.69) is 0 Å². The van der Waals surface area contributed by atoms with Crippen LogP contribution in [-0.2, 0) is 9.47 Å². The second-order valence-corrected chi connectivity index (χ2v) is 4.77. The normalized spacial score (nSPS) is 20.7. The lowest BCUT2D eigenvalue weighted by Crippen LogP contribution is -2.36. The molecule has 1 atom stereocenters. The number of amides is 2. The van der Waals surface area contributed by atoms with Gasteiger partial charge in [-0.05, 0) is 20.8 Å². The summed E-state index contributed by atoms with van der Waals surface area (Å²) >= 11 is 0. The van der Waals surface area contributed by atoms with Gasteiger partial charge in [0.15, 0.2) is 0 Å². The number of hydrogen-bond donors (Lipinski definition) is 1. The van der Waals surface area contributed by atoms with Crippen LogP contribution < -0.4 is 5.73 Å². The molecule has 1 unspecified atom stereocenters. The first-order valence-corrected chi connectivity index (χ1v) is 5.22. The molecule has 0 spiro atoms. The summed E-state index contributed by atoms with van der Waals surface area (Å²) in [6.07, 6.45) is -0.911. The van der Waals surface area contributed by atoms with Gasteiger partial charge in [-0.1, -0.05) is 0 Å². The lowest BCUT2D eigenvalue weighted by molar-refractivity contribution is 0.0261. The molecule has 1 aliphatic heterocycles. The van der Waals surface area contributed by atoms with E-state index in [0.717, 1.165) is 0 Å². The van der Waals surface area contributed by atoms with Crippen molar-refractivity contribution in [2.24, 2.45) is 5.73 Å². The Labute approximate surface area is 94.7 Å². The van der Waals surface area contributed by atoms with Crippen molar-refractivity contribution in [2.45, 2.75) is 38.9 Å². The van der Waals surface area contributed by atoms with Crippen LogP contribution in [0.15, 0.2) is 0 Å². The van der Waals surface area contributed by atoms with Gasteiger partial charge in [-0.25, -0.2) is 9.59 Å². The minimum atomic E-state index is -0.809. The predicted molar refractivity (Wildman–Crippen MR) is 56.9 cm³/mol. The molecule has 16 heavy (non-hydrogen) atoms. The molecule has 6 nitrogen and oxygen atoms in total. The van der Waals surface area contributed by atoms with Crippen molar-refractivity contribution in [1.82, 2.24) is 4.90 Å². The first kappa shape index (κ1) is 12.6. The maximum Gasteiger partial charge on any atom is 0.410 e. The lowest BCUT2D eigenvalue weighted by atomic mass is 10.2. The Balaban J connectivity index is 2.41. The van der Waals surface area contributed by atoms with Crippen LogP contribution in [0.3, 0.4) is 0 Å². The average molecular weight is 230 g/mol. The third-order valence-electron chi connectivity index (χ3n) is 2.08. The highest BCUT2D eigenvalue weighted by Gasteiger charge is 2.31. The zero-order valence-electron chi connectivity index (χ0n) is 9.86. The van der Waals surface area contributed by atoms with Crippen LogP contribution in [0.1, 0.15) is 27.2 Å². The van der Waals surface area contributed by atoms with Crippen LogP contribution in [0.25, 0.3) is 0 Å². The van der Waals surface area contributed by atoms with Crippen LogP contribution in [-0.4, -0.2) is 41.9 Å². The summed E-state index contributed by atoms with van der Waals surface area (Å²) in [6.45, 7) is 6.28. The molecule has 0 aromatic heterocycles. The van der Waals surface area contributed by atoms with Crippen molar-refractivity contribution < 1.29 is 19.1 Å². The zero-order valence-corrected chi connectivity index (χ0v) is 9.86. The summed E-state index contributed by atoms with van der Waals surface area (Å²) < 4.78 is 10.0. The monoisotopic (exact) mass is 230 g/mol. The molecule has 0 bridgehead atoms. The van der Waals surface area contributed by atoms with E-state index < -0.39 is 11.7 Å². The number of ether oxygens (including phenoxy) is 2. The molecular weight excluding hydrogens is 212 g/mol. The Morgan fingerprint density at radius 1 is 1.38 bits per heavy atom. The van der Waals surface area contributed by atoms with Gasteiger partial charge >= 0.3 is 12.2 Å². The molecule has 1 saturated heterocycles. The molecule has 6 heteroatoms. The highest BCUT2D eigenvalue weighted by molar-refractivity contribution is 5.69. The summed E-state index contributed by atoms with van der Waals surface area (Å²) in [4.78, 5) is 23.7. The van der Waals surface area contributed by atoms with E-state index in [1.807, 2.05) is 0 Å². The van der Waals surface area contributed by atoms with Gasteiger partial charge in [0.1, 0.15) is 11.7 Å². The Bertz CT molecular complexity index is 285. The van der Waals surface area contributed by atoms with Crippen LogP contribution in [0.4, 0.5) is 9.59 Å². The summed E-state index contributed by atoms with van der Waals surface area (Å²) in [5, 5.41) is 0. The molecule has 0 radical (unpaired) electrons. The topological polar surface area (TPSA) is 81.9 Å². The van der Waals surface area contributed by atoms with E-state index in [-0.39, 0.29) is 12.2 Å². The molecule has 0 aromatic rings. The van der Waals surface area contributed by atoms with Gasteiger partial charge in [0.2, 0.25) is 0 Å². The van der Waals surface area contributed by atoms with Gasteiger partial charge < -0.3 is 20.1 Å². The number of nitrogens with two attached hydrogens (primary N) is 1. The van der Waals surface area contributed by atoms with Gasteiger partial charge in [0.05, 0.1) is 6.54 Å². The van der Waals surface area contributed by atoms with Gasteiger partial charge in [-0.2, -0.15) is 0 Å². The Kier molecular flexibility index (Phi) is 3.62. The Morgan fingerprint density at radius 3 is 2.50 bits per heavy atom. The number of rotatable bonds is 1. The van der Waals surface area contributed by atoms with E-state index in [1.165, 1.54) is 4.90 Å². The maximum atomic E-state index is 11.6. The summed E-state index contributed by atoms with van der Waals surface area (Å²) in [7, 11) is 0. The number of hydrogen-bond acceptors (Lipinski definition) is 4. The molecule has 0 aliphatic carbocycles. The highest BCUT2D eigenvalue weighted by Crippen LogP contribution is 2.16.